The maximum atomic E-state index is 10.0. The summed E-state index contributed by atoms with van der Waals surface area (Å²) in [5.74, 6) is 1.08. The van der Waals surface area contributed by atoms with Crippen molar-refractivity contribution >= 4 is 5.97 Å². The first-order chi connectivity index (χ1) is 8.77. The number of carboxylic acids is 1. The second kappa shape index (κ2) is 9.59. The maximum absolute atomic E-state index is 10.0. The Hall–Kier alpha value is -1.29. The number of carbonyl (C=O) groups is 1. The van der Waals surface area contributed by atoms with E-state index < -0.39 is 11.4 Å². The Labute approximate surface area is 133 Å². The zero-order valence-electron chi connectivity index (χ0n) is 12.9. The molecule has 0 aliphatic heterocycles. The number of hydrogen-bond donors (Lipinski definition) is 1. The van der Waals surface area contributed by atoms with Crippen molar-refractivity contribution in [2.45, 2.75) is 20.8 Å². The molecule has 0 aliphatic rings. The maximum Gasteiger partial charge on any atom is 0.308 e. The van der Waals surface area contributed by atoms with Gasteiger partial charge in [0.15, 0.2) is 0 Å². The van der Waals surface area contributed by atoms with Gasteiger partial charge in [0.1, 0.15) is 0 Å². The third-order valence-corrected chi connectivity index (χ3v) is 2.16. The molecule has 0 amide bonds. The van der Waals surface area contributed by atoms with Crippen molar-refractivity contribution < 1.29 is 43.6 Å². The van der Waals surface area contributed by atoms with Gasteiger partial charge in [0.05, 0.1) is 44.0 Å². The minimum atomic E-state index is -0.757. The van der Waals surface area contributed by atoms with Gasteiger partial charge in [-0.1, -0.05) is 0 Å². The molecule has 20 heavy (non-hydrogen) atoms. The van der Waals surface area contributed by atoms with Crippen LogP contribution in [0.2, 0.25) is 0 Å². The smallest absolute Gasteiger partial charge is 0.308 e. The van der Waals surface area contributed by atoms with Crippen LogP contribution in [0, 0.1) is 11.5 Å². The number of ether oxygens (including phenoxy) is 3. The molecule has 1 N–H and O–H groups in total. The zero-order chi connectivity index (χ0) is 15.1. The predicted octanol–water partition coefficient (Wildman–Crippen LogP) is 2.63. The number of rotatable bonds is 3. The largest absolute Gasteiger partial charge is 0.550 e. The number of methoxy groups -OCH3 is 3. The molecule has 1 aromatic carbocycles. The van der Waals surface area contributed by atoms with E-state index in [1.54, 1.807) is 54.2 Å². The van der Waals surface area contributed by atoms with Crippen LogP contribution in [-0.2, 0) is 24.3 Å². The van der Waals surface area contributed by atoms with Crippen molar-refractivity contribution in [3.05, 3.63) is 18.2 Å². The quantitative estimate of drug-likeness (QED) is 0.680. The second-order valence-corrected chi connectivity index (χ2v) is 4.68. The third-order valence-electron chi connectivity index (χ3n) is 2.16. The van der Waals surface area contributed by atoms with Crippen LogP contribution in [0.1, 0.15) is 20.8 Å². The van der Waals surface area contributed by atoms with Gasteiger partial charge in [0.2, 0.25) is 0 Å². The minimum absolute atomic E-state index is 0. The standard InChI is InChI=1S/C9H11O3.C5H10O2.Zn/c1-10-7-5-4-6-8(11-2)9(7)12-3;1-5(2,3)4(6)7;/h5-6H,1-3H3;1-3H3,(H,6,7);/q-1;;. The average Bonchev–Trinajstić information content (AvgIpc) is 2.37. The van der Waals surface area contributed by atoms with Crippen LogP contribution in [0.4, 0.5) is 0 Å². The van der Waals surface area contributed by atoms with Crippen LogP contribution in [0.5, 0.6) is 17.2 Å². The SMILES string of the molecule is CC(C)(C)C(=O)O.COc1c[c-]cc(OC)c1OC.[Zn]. The molecule has 0 unspecified atom stereocenters. The Morgan fingerprint density at radius 3 is 1.60 bits per heavy atom. The van der Waals surface area contributed by atoms with Crippen molar-refractivity contribution in [2.24, 2.45) is 5.41 Å². The molecule has 0 aliphatic carbocycles. The molecule has 1 aromatic rings. The minimum Gasteiger partial charge on any atom is -0.550 e. The summed E-state index contributed by atoms with van der Waals surface area (Å²) in [5, 5.41) is 8.25. The summed E-state index contributed by atoms with van der Waals surface area (Å²) in [7, 11) is 4.72. The number of benzene rings is 1. The summed E-state index contributed by atoms with van der Waals surface area (Å²) in [4.78, 5) is 10.0. The second-order valence-electron chi connectivity index (χ2n) is 4.68. The molecule has 1 rings (SSSR count). The van der Waals surface area contributed by atoms with Gasteiger partial charge in [0, 0.05) is 19.5 Å². The van der Waals surface area contributed by atoms with E-state index in [4.69, 9.17) is 19.3 Å². The van der Waals surface area contributed by atoms with Gasteiger partial charge in [-0.05, 0) is 20.8 Å². The first-order valence-corrected chi connectivity index (χ1v) is 5.67. The molecular formula is C14H21O5Zn-. The third kappa shape index (κ3) is 6.76. The molecule has 0 saturated heterocycles. The van der Waals surface area contributed by atoms with E-state index in [9.17, 15) is 4.79 Å². The summed E-state index contributed by atoms with van der Waals surface area (Å²) in [6.07, 6.45) is 0. The fraction of sp³-hybridized carbons (Fsp3) is 0.500. The van der Waals surface area contributed by atoms with Crippen LogP contribution < -0.4 is 14.2 Å². The monoisotopic (exact) mass is 333 g/mol. The van der Waals surface area contributed by atoms with Crippen molar-refractivity contribution in [1.29, 1.82) is 0 Å². The number of hydrogen-bond acceptors (Lipinski definition) is 4. The van der Waals surface area contributed by atoms with Crippen molar-refractivity contribution in [1.82, 2.24) is 0 Å². The van der Waals surface area contributed by atoms with Crippen LogP contribution in [0.15, 0.2) is 12.1 Å². The molecule has 0 bridgehead atoms. The summed E-state index contributed by atoms with van der Waals surface area (Å²) in [6, 6.07) is 6.27. The fourth-order valence-electron chi connectivity index (χ4n) is 0.950. The van der Waals surface area contributed by atoms with Crippen LogP contribution in [0.25, 0.3) is 0 Å². The zero-order valence-corrected chi connectivity index (χ0v) is 15.9. The van der Waals surface area contributed by atoms with Gasteiger partial charge < -0.3 is 19.3 Å². The first-order valence-electron chi connectivity index (χ1n) is 5.67. The van der Waals surface area contributed by atoms with Gasteiger partial charge in [-0.2, -0.15) is 6.07 Å². The Bertz CT molecular complexity index is 390. The molecule has 0 spiro atoms. The van der Waals surface area contributed by atoms with Gasteiger partial charge >= 0.3 is 5.97 Å². The van der Waals surface area contributed by atoms with E-state index in [2.05, 4.69) is 6.07 Å². The van der Waals surface area contributed by atoms with Crippen molar-refractivity contribution in [2.75, 3.05) is 21.3 Å². The molecule has 0 fully saturated rings. The summed E-state index contributed by atoms with van der Waals surface area (Å²) in [5.41, 5.74) is -0.583. The Kier molecular flexibility index (Phi) is 10.1. The van der Waals surface area contributed by atoms with E-state index in [1.165, 1.54) is 0 Å². The van der Waals surface area contributed by atoms with E-state index in [1.807, 2.05) is 0 Å². The van der Waals surface area contributed by atoms with Crippen LogP contribution in [-0.4, -0.2) is 32.4 Å². The molecule has 0 atom stereocenters. The molecular weight excluding hydrogens is 314 g/mol. The van der Waals surface area contributed by atoms with Gasteiger partial charge in [-0.25, -0.2) is 0 Å². The Balaban J connectivity index is 0. The molecule has 0 saturated carbocycles. The van der Waals surface area contributed by atoms with E-state index in [0.29, 0.717) is 17.2 Å². The van der Waals surface area contributed by atoms with Crippen LogP contribution >= 0.6 is 0 Å². The summed E-state index contributed by atoms with van der Waals surface area (Å²) >= 11 is 0. The normalized spacial score (nSPS) is 9.50. The van der Waals surface area contributed by atoms with Crippen molar-refractivity contribution in [3.8, 4) is 17.2 Å². The predicted molar refractivity (Wildman–Crippen MR) is 72.0 cm³/mol. The molecule has 0 heterocycles. The molecule has 5 nitrogen and oxygen atoms in total. The molecule has 110 valence electrons. The Morgan fingerprint density at radius 2 is 1.40 bits per heavy atom. The number of aliphatic carboxylic acids is 1. The first kappa shape index (κ1) is 21.0. The number of carboxylic acid groups (broad SMARTS) is 1. The summed E-state index contributed by atoms with van der Waals surface area (Å²) < 4.78 is 15.2. The van der Waals surface area contributed by atoms with Crippen molar-refractivity contribution in [3.63, 3.8) is 0 Å². The average molecular weight is 335 g/mol. The molecule has 0 aromatic heterocycles. The molecule has 6 heteroatoms. The topological polar surface area (TPSA) is 65.0 Å². The fourth-order valence-corrected chi connectivity index (χ4v) is 0.950. The van der Waals surface area contributed by atoms with Gasteiger partial charge in [0.25, 0.3) is 0 Å². The van der Waals surface area contributed by atoms with E-state index in [0.717, 1.165) is 0 Å². The van der Waals surface area contributed by atoms with Gasteiger partial charge in [-0.15, -0.1) is 12.1 Å². The van der Waals surface area contributed by atoms with Gasteiger partial charge in [-0.3, -0.25) is 4.79 Å². The molecule has 0 radical (unpaired) electrons. The van der Waals surface area contributed by atoms with E-state index in [-0.39, 0.29) is 19.5 Å². The van der Waals surface area contributed by atoms with Crippen LogP contribution in [0.3, 0.4) is 0 Å². The Morgan fingerprint density at radius 1 is 1.05 bits per heavy atom. The van der Waals surface area contributed by atoms with E-state index >= 15 is 0 Å². The summed E-state index contributed by atoms with van der Waals surface area (Å²) in [6.45, 7) is 4.99.